The third-order valence-corrected chi connectivity index (χ3v) is 3.68. The Morgan fingerprint density at radius 2 is 1.90 bits per heavy atom. The van der Waals surface area contributed by atoms with Crippen LogP contribution >= 0.6 is 0 Å². The predicted molar refractivity (Wildman–Crippen MR) is 87.0 cm³/mol. The fraction of sp³-hybridized carbons (Fsp3) is 0.667. The zero-order valence-electron chi connectivity index (χ0n) is 14.3. The maximum absolute atomic E-state index is 13.4. The van der Waals surface area contributed by atoms with E-state index in [9.17, 15) is 4.39 Å². The van der Waals surface area contributed by atoms with Crippen molar-refractivity contribution in [3.05, 3.63) is 35.1 Å². The molecule has 1 aromatic carbocycles. The molecule has 0 spiro atoms. The van der Waals surface area contributed by atoms with Crippen LogP contribution in [0.4, 0.5) is 4.39 Å². The van der Waals surface area contributed by atoms with Crippen LogP contribution < -0.4 is 5.32 Å². The van der Waals surface area contributed by atoms with Crippen LogP contribution in [-0.2, 0) is 4.74 Å². The van der Waals surface area contributed by atoms with Gasteiger partial charge in [-0.1, -0.05) is 33.8 Å². The summed E-state index contributed by atoms with van der Waals surface area (Å²) in [6, 6.07) is 5.09. The lowest BCUT2D eigenvalue weighted by Crippen LogP contribution is -2.42. The Labute approximate surface area is 129 Å². The Balaban J connectivity index is 3.18. The van der Waals surface area contributed by atoms with E-state index in [1.807, 2.05) is 19.9 Å². The molecule has 3 heteroatoms. The number of ether oxygens (including phenoxy) is 1. The summed E-state index contributed by atoms with van der Waals surface area (Å²) in [5.74, 6) is -0.186. The minimum atomic E-state index is -0.186. The minimum absolute atomic E-state index is 0.00223. The molecule has 0 saturated carbocycles. The molecule has 0 aliphatic rings. The molecular weight excluding hydrogens is 265 g/mol. The van der Waals surface area contributed by atoms with Crippen LogP contribution in [0.1, 0.15) is 58.2 Å². The van der Waals surface area contributed by atoms with E-state index in [1.165, 1.54) is 6.07 Å². The molecule has 0 aliphatic heterocycles. The van der Waals surface area contributed by atoms with Crippen molar-refractivity contribution in [2.75, 3.05) is 13.2 Å². The van der Waals surface area contributed by atoms with Crippen LogP contribution in [0.15, 0.2) is 18.2 Å². The molecule has 0 heterocycles. The molecule has 120 valence electrons. The van der Waals surface area contributed by atoms with Crippen LogP contribution in [-0.4, -0.2) is 19.3 Å². The summed E-state index contributed by atoms with van der Waals surface area (Å²) in [7, 11) is 0. The van der Waals surface area contributed by atoms with Gasteiger partial charge in [0.15, 0.2) is 0 Å². The molecule has 2 unspecified atom stereocenters. The fourth-order valence-corrected chi connectivity index (χ4v) is 2.69. The number of benzene rings is 1. The van der Waals surface area contributed by atoms with E-state index in [0.29, 0.717) is 6.61 Å². The van der Waals surface area contributed by atoms with Gasteiger partial charge in [-0.25, -0.2) is 4.39 Å². The zero-order valence-corrected chi connectivity index (χ0v) is 14.3. The summed E-state index contributed by atoms with van der Waals surface area (Å²) in [5, 5.41) is 3.59. The summed E-state index contributed by atoms with van der Waals surface area (Å²) in [4.78, 5) is 0. The van der Waals surface area contributed by atoms with Gasteiger partial charge in [0, 0.05) is 6.61 Å². The molecule has 0 aromatic heterocycles. The van der Waals surface area contributed by atoms with Gasteiger partial charge in [-0.15, -0.1) is 0 Å². The highest BCUT2D eigenvalue weighted by molar-refractivity contribution is 5.31. The van der Waals surface area contributed by atoms with Gasteiger partial charge in [0.05, 0.1) is 12.1 Å². The highest BCUT2D eigenvalue weighted by atomic mass is 19.1. The summed E-state index contributed by atoms with van der Waals surface area (Å²) < 4.78 is 19.4. The number of nitrogens with one attached hydrogen (secondary N) is 1. The highest BCUT2D eigenvalue weighted by Gasteiger charge is 2.34. The van der Waals surface area contributed by atoms with E-state index in [0.717, 1.165) is 24.1 Å². The molecule has 1 N–H and O–H groups in total. The van der Waals surface area contributed by atoms with Crippen molar-refractivity contribution in [3.63, 3.8) is 0 Å². The van der Waals surface area contributed by atoms with Crippen molar-refractivity contribution in [3.8, 4) is 0 Å². The third-order valence-electron chi connectivity index (χ3n) is 3.68. The number of hydrogen-bond donors (Lipinski definition) is 1. The minimum Gasteiger partial charge on any atom is -0.376 e. The molecule has 0 amide bonds. The van der Waals surface area contributed by atoms with Crippen LogP contribution in [0.25, 0.3) is 0 Å². The SMILES string of the molecule is CCCNC(c1ccc(F)cc1C)C(OCC)C(C)(C)C. The van der Waals surface area contributed by atoms with Gasteiger partial charge >= 0.3 is 0 Å². The van der Waals surface area contributed by atoms with Crippen molar-refractivity contribution < 1.29 is 9.13 Å². The monoisotopic (exact) mass is 295 g/mol. The van der Waals surface area contributed by atoms with Gasteiger partial charge in [0.2, 0.25) is 0 Å². The van der Waals surface area contributed by atoms with E-state index in [4.69, 9.17) is 4.74 Å². The van der Waals surface area contributed by atoms with E-state index in [1.54, 1.807) is 6.07 Å². The maximum atomic E-state index is 13.4. The molecule has 1 rings (SSSR count). The average molecular weight is 295 g/mol. The molecule has 0 fully saturated rings. The summed E-state index contributed by atoms with van der Waals surface area (Å²) in [6.07, 6.45) is 1.10. The van der Waals surface area contributed by atoms with Gasteiger partial charge in [0.25, 0.3) is 0 Å². The molecule has 0 bridgehead atoms. The van der Waals surface area contributed by atoms with Crippen LogP contribution in [0, 0.1) is 18.2 Å². The number of rotatable bonds is 7. The first-order valence-corrected chi connectivity index (χ1v) is 7.92. The van der Waals surface area contributed by atoms with Gasteiger partial charge in [0.1, 0.15) is 5.82 Å². The van der Waals surface area contributed by atoms with Crippen molar-refractivity contribution in [2.45, 2.75) is 60.1 Å². The molecule has 1 aromatic rings. The maximum Gasteiger partial charge on any atom is 0.123 e. The van der Waals surface area contributed by atoms with Crippen molar-refractivity contribution >= 4 is 0 Å². The number of aryl methyl sites for hydroxylation is 1. The summed E-state index contributed by atoms with van der Waals surface area (Å²) >= 11 is 0. The zero-order chi connectivity index (χ0) is 16.0. The number of halogens is 1. The lowest BCUT2D eigenvalue weighted by atomic mass is 9.81. The Hall–Kier alpha value is -0.930. The van der Waals surface area contributed by atoms with Crippen molar-refractivity contribution in [1.82, 2.24) is 5.32 Å². The van der Waals surface area contributed by atoms with E-state index in [2.05, 4.69) is 33.0 Å². The Morgan fingerprint density at radius 1 is 1.24 bits per heavy atom. The molecule has 2 nitrogen and oxygen atoms in total. The second-order valence-electron chi connectivity index (χ2n) is 6.67. The second-order valence-corrected chi connectivity index (χ2v) is 6.67. The molecular formula is C18H30FNO. The first-order valence-electron chi connectivity index (χ1n) is 7.92. The van der Waals surface area contributed by atoms with Gasteiger partial charge in [-0.05, 0) is 55.5 Å². The molecule has 0 radical (unpaired) electrons. The van der Waals surface area contributed by atoms with Crippen LogP contribution in [0.2, 0.25) is 0 Å². The quantitative estimate of drug-likeness (QED) is 0.792. The van der Waals surface area contributed by atoms with Gasteiger partial charge in [-0.2, -0.15) is 0 Å². The first kappa shape index (κ1) is 18.1. The number of hydrogen-bond acceptors (Lipinski definition) is 2. The topological polar surface area (TPSA) is 21.3 Å². The van der Waals surface area contributed by atoms with Gasteiger partial charge < -0.3 is 10.1 Å². The predicted octanol–water partition coefficient (Wildman–Crippen LogP) is 4.63. The largest absolute Gasteiger partial charge is 0.376 e. The van der Waals surface area contributed by atoms with Crippen molar-refractivity contribution in [1.29, 1.82) is 0 Å². The Bertz CT molecular complexity index is 439. The summed E-state index contributed by atoms with van der Waals surface area (Å²) in [5.41, 5.74) is 2.10. The first-order chi connectivity index (χ1) is 9.81. The Kier molecular flexibility index (Phi) is 6.82. The molecule has 0 aliphatic carbocycles. The highest BCUT2D eigenvalue weighted by Crippen LogP contribution is 2.34. The van der Waals surface area contributed by atoms with Crippen molar-refractivity contribution in [2.24, 2.45) is 5.41 Å². The second kappa shape index (κ2) is 7.90. The lowest BCUT2D eigenvalue weighted by molar-refractivity contribution is -0.0367. The fourth-order valence-electron chi connectivity index (χ4n) is 2.69. The van der Waals surface area contributed by atoms with Gasteiger partial charge in [-0.3, -0.25) is 0 Å². The smallest absolute Gasteiger partial charge is 0.123 e. The summed E-state index contributed by atoms with van der Waals surface area (Å²) in [6.45, 7) is 14.3. The molecule has 2 atom stereocenters. The normalized spacial score (nSPS) is 15.0. The van der Waals surface area contributed by atoms with Crippen LogP contribution in [0.3, 0.4) is 0 Å². The molecule has 21 heavy (non-hydrogen) atoms. The third kappa shape index (κ3) is 5.08. The average Bonchev–Trinajstić information content (AvgIpc) is 2.38. The van der Waals surface area contributed by atoms with E-state index in [-0.39, 0.29) is 23.4 Å². The van der Waals surface area contributed by atoms with E-state index < -0.39 is 0 Å². The van der Waals surface area contributed by atoms with E-state index >= 15 is 0 Å². The lowest BCUT2D eigenvalue weighted by Gasteiger charge is -2.38. The standard InChI is InChI=1S/C18H30FNO/c1-7-11-20-16(17(21-8-2)18(4,5)6)15-10-9-14(19)12-13(15)3/h9-10,12,16-17,20H,7-8,11H2,1-6H3. The van der Waals surface area contributed by atoms with Crippen LogP contribution in [0.5, 0.6) is 0 Å². The molecule has 0 saturated heterocycles. The Morgan fingerprint density at radius 3 is 2.38 bits per heavy atom.